The molecular weight excluding hydrogens is 339 g/mol. The van der Waals surface area contributed by atoms with Gasteiger partial charge in [-0.2, -0.15) is 0 Å². The maximum absolute atomic E-state index is 14.2. The molecule has 0 spiro atoms. The number of benzene rings is 1. The number of fused-ring (bicyclic) bond motifs is 1. The van der Waals surface area contributed by atoms with Gasteiger partial charge in [-0.3, -0.25) is 4.79 Å². The Morgan fingerprint density at radius 3 is 3.00 bits per heavy atom. The van der Waals surface area contributed by atoms with E-state index in [0.717, 1.165) is 30.8 Å². The van der Waals surface area contributed by atoms with Crippen molar-refractivity contribution in [2.45, 2.75) is 13.0 Å². The van der Waals surface area contributed by atoms with Crippen LogP contribution in [0.25, 0.3) is 10.1 Å². The smallest absolute Gasteiger partial charge is 0.264 e. The van der Waals surface area contributed by atoms with Gasteiger partial charge < -0.3 is 15.0 Å². The SMILES string of the molecule is COCc1c(C(=O)N2CCCNCC2)sc2cccc(F)c12.Cl. The maximum Gasteiger partial charge on any atom is 0.264 e. The van der Waals surface area contributed by atoms with Crippen LogP contribution in [0.1, 0.15) is 21.7 Å². The second-order valence-electron chi connectivity index (χ2n) is 5.35. The molecule has 2 aromatic rings. The highest BCUT2D eigenvalue weighted by Crippen LogP contribution is 2.34. The fourth-order valence-corrected chi connectivity index (χ4v) is 4.00. The third kappa shape index (κ3) is 3.66. The minimum absolute atomic E-state index is 0. The van der Waals surface area contributed by atoms with Crippen molar-refractivity contribution in [3.8, 4) is 0 Å². The summed E-state index contributed by atoms with van der Waals surface area (Å²) in [5, 5.41) is 3.80. The lowest BCUT2D eigenvalue weighted by Gasteiger charge is -2.19. The van der Waals surface area contributed by atoms with E-state index in [-0.39, 0.29) is 30.7 Å². The Bertz CT molecular complexity index is 684. The van der Waals surface area contributed by atoms with Crippen molar-refractivity contribution in [2.24, 2.45) is 0 Å². The topological polar surface area (TPSA) is 41.6 Å². The molecule has 1 aliphatic rings. The lowest BCUT2D eigenvalue weighted by atomic mass is 10.1. The van der Waals surface area contributed by atoms with Crippen LogP contribution in [-0.2, 0) is 11.3 Å². The third-order valence-electron chi connectivity index (χ3n) is 3.87. The van der Waals surface area contributed by atoms with Crippen LogP contribution < -0.4 is 5.32 Å². The Morgan fingerprint density at radius 1 is 1.39 bits per heavy atom. The van der Waals surface area contributed by atoms with E-state index < -0.39 is 0 Å². The van der Waals surface area contributed by atoms with Gasteiger partial charge in [-0.25, -0.2) is 4.39 Å². The van der Waals surface area contributed by atoms with Gasteiger partial charge in [0.2, 0.25) is 0 Å². The van der Waals surface area contributed by atoms with Gasteiger partial charge in [-0.15, -0.1) is 23.7 Å². The standard InChI is InChI=1S/C16H19FN2O2S.ClH/c1-21-10-11-14-12(17)4-2-5-13(14)22-15(11)16(20)19-8-3-6-18-7-9-19;/h2,4-5,18H,3,6-10H2,1H3;1H. The van der Waals surface area contributed by atoms with Gasteiger partial charge in [0.1, 0.15) is 5.82 Å². The highest BCUT2D eigenvalue weighted by atomic mass is 35.5. The van der Waals surface area contributed by atoms with Crippen LogP contribution in [0.3, 0.4) is 0 Å². The van der Waals surface area contributed by atoms with Crippen molar-refractivity contribution in [1.29, 1.82) is 0 Å². The first-order chi connectivity index (χ1) is 10.7. The molecule has 7 heteroatoms. The number of methoxy groups -OCH3 is 1. The van der Waals surface area contributed by atoms with Gasteiger partial charge in [0.25, 0.3) is 5.91 Å². The van der Waals surface area contributed by atoms with Crippen molar-refractivity contribution >= 4 is 39.7 Å². The normalized spacial score (nSPS) is 15.3. The van der Waals surface area contributed by atoms with E-state index in [2.05, 4.69) is 5.32 Å². The van der Waals surface area contributed by atoms with E-state index >= 15 is 0 Å². The molecule has 0 bridgehead atoms. The minimum atomic E-state index is -0.294. The first-order valence-electron chi connectivity index (χ1n) is 7.41. The molecule has 126 valence electrons. The van der Waals surface area contributed by atoms with Gasteiger partial charge in [0, 0.05) is 42.4 Å². The van der Waals surface area contributed by atoms with E-state index in [9.17, 15) is 9.18 Å². The Kier molecular flexibility index (Phi) is 6.35. The average molecular weight is 359 g/mol. The molecule has 0 saturated carbocycles. The first kappa shape index (κ1) is 18.1. The quantitative estimate of drug-likeness (QED) is 0.917. The predicted octanol–water partition coefficient (Wildman–Crippen LogP) is 3.04. The molecule has 1 fully saturated rings. The molecule has 4 nitrogen and oxygen atoms in total. The van der Waals surface area contributed by atoms with Gasteiger partial charge in [0.05, 0.1) is 11.5 Å². The van der Waals surface area contributed by atoms with Crippen LogP contribution in [0, 0.1) is 5.82 Å². The van der Waals surface area contributed by atoms with Crippen LogP contribution in [0.2, 0.25) is 0 Å². The molecule has 1 aromatic heterocycles. The van der Waals surface area contributed by atoms with Crippen molar-refractivity contribution in [1.82, 2.24) is 10.2 Å². The minimum Gasteiger partial charge on any atom is -0.380 e. The summed E-state index contributed by atoms with van der Waals surface area (Å²) < 4.78 is 20.2. The maximum atomic E-state index is 14.2. The summed E-state index contributed by atoms with van der Waals surface area (Å²) in [5.74, 6) is -0.311. The number of rotatable bonds is 3. The molecule has 2 heterocycles. The number of hydrogen-bond donors (Lipinski definition) is 1. The third-order valence-corrected chi connectivity index (χ3v) is 5.06. The summed E-state index contributed by atoms with van der Waals surface area (Å²) in [6, 6.07) is 4.95. The summed E-state index contributed by atoms with van der Waals surface area (Å²) in [5.41, 5.74) is 0.669. The van der Waals surface area contributed by atoms with Crippen molar-refractivity contribution < 1.29 is 13.9 Å². The van der Waals surface area contributed by atoms with E-state index in [1.165, 1.54) is 17.4 Å². The molecule has 0 atom stereocenters. The molecule has 1 aliphatic heterocycles. The first-order valence-corrected chi connectivity index (χ1v) is 8.23. The molecule has 1 aromatic carbocycles. The second-order valence-corrected chi connectivity index (χ2v) is 6.40. The molecule has 1 N–H and O–H groups in total. The van der Waals surface area contributed by atoms with E-state index in [4.69, 9.17) is 4.74 Å². The lowest BCUT2D eigenvalue weighted by Crippen LogP contribution is -2.34. The number of nitrogens with zero attached hydrogens (tertiary/aromatic N) is 1. The number of thiophene rings is 1. The largest absolute Gasteiger partial charge is 0.380 e. The van der Waals surface area contributed by atoms with Crippen molar-refractivity contribution in [3.63, 3.8) is 0 Å². The Morgan fingerprint density at radius 2 is 2.22 bits per heavy atom. The van der Waals surface area contributed by atoms with Crippen molar-refractivity contribution in [2.75, 3.05) is 33.3 Å². The zero-order valence-electron chi connectivity index (χ0n) is 12.9. The number of halogens is 2. The van der Waals surface area contributed by atoms with Crippen LogP contribution in [0.15, 0.2) is 18.2 Å². The fourth-order valence-electron chi connectivity index (χ4n) is 2.81. The van der Waals surface area contributed by atoms with Gasteiger partial charge in [0.15, 0.2) is 0 Å². The highest BCUT2D eigenvalue weighted by Gasteiger charge is 2.25. The Labute approximate surface area is 145 Å². The number of carbonyl (C=O) groups excluding carboxylic acids is 1. The van der Waals surface area contributed by atoms with Crippen LogP contribution in [-0.4, -0.2) is 44.1 Å². The van der Waals surface area contributed by atoms with Crippen molar-refractivity contribution in [3.05, 3.63) is 34.5 Å². The van der Waals surface area contributed by atoms with Crippen LogP contribution >= 0.6 is 23.7 Å². The molecule has 3 rings (SSSR count). The van der Waals surface area contributed by atoms with Crippen LogP contribution in [0.5, 0.6) is 0 Å². The number of carbonyl (C=O) groups is 1. The molecule has 23 heavy (non-hydrogen) atoms. The summed E-state index contributed by atoms with van der Waals surface area (Å²) in [6.07, 6.45) is 0.935. The number of hydrogen-bond acceptors (Lipinski definition) is 4. The zero-order chi connectivity index (χ0) is 15.5. The van der Waals surface area contributed by atoms with E-state index in [0.29, 0.717) is 22.4 Å². The van der Waals surface area contributed by atoms with E-state index in [1.807, 2.05) is 11.0 Å². The Hall–Kier alpha value is -1.21. The van der Waals surface area contributed by atoms with Crippen LogP contribution in [0.4, 0.5) is 4.39 Å². The van der Waals surface area contributed by atoms with Gasteiger partial charge >= 0.3 is 0 Å². The number of nitrogens with one attached hydrogen (secondary N) is 1. The number of amides is 1. The zero-order valence-corrected chi connectivity index (χ0v) is 14.6. The molecule has 0 unspecified atom stereocenters. The second kappa shape index (κ2) is 8.06. The monoisotopic (exact) mass is 358 g/mol. The molecule has 0 aliphatic carbocycles. The molecule has 0 radical (unpaired) electrons. The molecule has 1 amide bonds. The summed E-state index contributed by atoms with van der Waals surface area (Å²) in [7, 11) is 1.56. The highest BCUT2D eigenvalue weighted by molar-refractivity contribution is 7.21. The predicted molar refractivity (Wildman–Crippen MR) is 93.1 cm³/mol. The summed E-state index contributed by atoms with van der Waals surface area (Å²) >= 11 is 1.35. The van der Waals surface area contributed by atoms with E-state index in [1.54, 1.807) is 13.2 Å². The summed E-state index contributed by atoms with van der Waals surface area (Å²) in [4.78, 5) is 15.3. The van der Waals surface area contributed by atoms with Gasteiger partial charge in [-0.1, -0.05) is 6.07 Å². The lowest BCUT2D eigenvalue weighted by molar-refractivity contribution is 0.0767. The molecule has 1 saturated heterocycles. The average Bonchev–Trinajstić information content (AvgIpc) is 2.71. The van der Waals surface area contributed by atoms with Gasteiger partial charge in [-0.05, 0) is 25.1 Å². The molecular formula is C16H20ClFN2O2S. The summed E-state index contributed by atoms with van der Waals surface area (Å²) in [6.45, 7) is 3.38. The number of ether oxygens (including phenoxy) is 1. The fraction of sp³-hybridized carbons (Fsp3) is 0.438. The Balaban J connectivity index is 0.00000192.